The second kappa shape index (κ2) is 6.81. The Hall–Kier alpha value is -1.37. The number of hydrogen-bond acceptors (Lipinski definition) is 1. The third-order valence-corrected chi connectivity index (χ3v) is 5.27. The Morgan fingerprint density at radius 2 is 2.05 bits per heavy atom. The summed E-state index contributed by atoms with van der Waals surface area (Å²) in [5.74, 6) is 1.70. The molecular weight excluding hydrogens is 268 g/mol. The van der Waals surface area contributed by atoms with Crippen molar-refractivity contribution < 1.29 is 4.79 Å². The molecule has 2 aliphatic carbocycles. The van der Waals surface area contributed by atoms with E-state index in [9.17, 15) is 4.79 Å². The molecule has 0 aromatic carbocycles. The van der Waals surface area contributed by atoms with Crippen LogP contribution in [-0.4, -0.2) is 5.78 Å². The number of hydrogen-bond donors (Lipinski definition) is 0. The number of allylic oxidation sites excluding steroid dienone is 7. The Morgan fingerprint density at radius 1 is 1.36 bits per heavy atom. The molecular formula is C21H30O. The molecule has 0 N–H and O–H groups in total. The quantitative estimate of drug-likeness (QED) is 0.600. The molecule has 0 radical (unpaired) electrons. The standard InChI is InChI=1S/C21H30O/c1-13(2)8-7-9-14(3)18-11-10-15(4)19-16(5)12-17(6)21(22)20(18)19/h8,12,14-15,18H,5,7,9-11H2,1-4,6H3. The minimum Gasteiger partial charge on any atom is -0.289 e. The number of rotatable bonds is 4. The summed E-state index contributed by atoms with van der Waals surface area (Å²) in [4.78, 5) is 12.8. The first-order chi connectivity index (χ1) is 10.3. The first-order valence-corrected chi connectivity index (χ1v) is 8.62. The van der Waals surface area contributed by atoms with Crippen LogP contribution >= 0.6 is 0 Å². The third kappa shape index (κ3) is 3.34. The van der Waals surface area contributed by atoms with Gasteiger partial charge in [-0.3, -0.25) is 4.79 Å². The molecule has 1 nitrogen and oxygen atoms in total. The zero-order chi connectivity index (χ0) is 16.4. The van der Waals surface area contributed by atoms with Crippen LogP contribution in [0.5, 0.6) is 0 Å². The van der Waals surface area contributed by atoms with Gasteiger partial charge in [-0.2, -0.15) is 0 Å². The van der Waals surface area contributed by atoms with Crippen molar-refractivity contribution >= 4 is 5.78 Å². The molecule has 120 valence electrons. The first kappa shape index (κ1) is 17.0. The van der Waals surface area contributed by atoms with Crippen LogP contribution in [0.4, 0.5) is 0 Å². The van der Waals surface area contributed by atoms with Crippen LogP contribution in [0.2, 0.25) is 0 Å². The van der Waals surface area contributed by atoms with Crippen molar-refractivity contribution in [3.8, 4) is 0 Å². The van der Waals surface area contributed by atoms with Crippen LogP contribution in [0, 0.1) is 17.8 Å². The van der Waals surface area contributed by atoms with Crippen LogP contribution in [0.25, 0.3) is 0 Å². The van der Waals surface area contributed by atoms with E-state index in [0.29, 0.717) is 17.8 Å². The molecule has 0 bridgehead atoms. The fourth-order valence-electron chi connectivity index (χ4n) is 3.99. The maximum absolute atomic E-state index is 12.8. The van der Waals surface area contributed by atoms with E-state index in [4.69, 9.17) is 0 Å². The molecule has 3 unspecified atom stereocenters. The molecule has 22 heavy (non-hydrogen) atoms. The fraction of sp³-hybridized carbons (Fsp3) is 0.571. The summed E-state index contributed by atoms with van der Waals surface area (Å²) in [7, 11) is 0. The second-order valence-corrected chi connectivity index (χ2v) is 7.43. The predicted molar refractivity (Wildman–Crippen MR) is 94.6 cm³/mol. The zero-order valence-electron chi connectivity index (χ0n) is 14.8. The first-order valence-electron chi connectivity index (χ1n) is 8.62. The summed E-state index contributed by atoms with van der Waals surface area (Å²) >= 11 is 0. The van der Waals surface area contributed by atoms with E-state index in [1.807, 2.05) is 13.0 Å². The average molecular weight is 298 g/mol. The smallest absolute Gasteiger partial charge is 0.185 e. The van der Waals surface area contributed by atoms with Crippen molar-refractivity contribution in [2.75, 3.05) is 0 Å². The van der Waals surface area contributed by atoms with Gasteiger partial charge in [0.25, 0.3) is 0 Å². The lowest BCUT2D eigenvalue weighted by atomic mass is 9.66. The van der Waals surface area contributed by atoms with Gasteiger partial charge in [-0.05, 0) is 87.0 Å². The Morgan fingerprint density at radius 3 is 2.68 bits per heavy atom. The largest absolute Gasteiger partial charge is 0.289 e. The number of carbonyl (C=O) groups is 1. The monoisotopic (exact) mass is 298 g/mol. The molecule has 2 aliphatic rings. The molecule has 1 heteroatoms. The van der Waals surface area contributed by atoms with Gasteiger partial charge in [0.05, 0.1) is 0 Å². The Balaban J connectivity index is 2.27. The summed E-state index contributed by atoms with van der Waals surface area (Å²) in [5.41, 5.74) is 5.65. The van der Waals surface area contributed by atoms with E-state index in [0.717, 1.165) is 36.0 Å². The van der Waals surface area contributed by atoms with Gasteiger partial charge in [-0.15, -0.1) is 0 Å². The van der Waals surface area contributed by atoms with Gasteiger partial charge in [0.15, 0.2) is 5.78 Å². The molecule has 0 fully saturated rings. The van der Waals surface area contributed by atoms with Crippen molar-refractivity contribution in [3.63, 3.8) is 0 Å². The molecule has 0 saturated carbocycles. The highest BCUT2D eigenvalue weighted by Gasteiger charge is 2.37. The van der Waals surface area contributed by atoms with Crippen LogP contribution in [0.15, 0.2) is 46.6 Å². The minimum atomic E-state index is 0.271. The van der Waals surface area contributed by atoms with E-state index >= 15 is 0 Å². The molecule has 3 atom stereocenters. The van der Waals surface area contributed by atoms with E-state index < -0.39 is 0 Å². The normalized spacial score (nSPS) is 26.5. The van der Waals surface area contributed by atoms with Crippen LogP contribution < -0.4 is 0 Å². The molecule has 0 saturated heterocycles. The SMILES string of the molecule is C=C1C=C(C)C(=O)C2=C1C(C)CCC2C(C)CCC=C(C)C. The van der Waals surface area contributed by atoms with E-state index in [1.165, 1.54) is 17.6 Å². The Labute approximate surface area is 135 Å². The van der Waals surface area contributed by atoms with Gasteiger partial charge in [0.1, 0.15) is 0 Å². The highest BCUT2D eigenvalue weighted by Crippen LogP contribution is 2.45. The van der Waals surface area contributed by atoms with Gasteiger partial charge in [0, 0.05) is 5.57 Å². The van der Waals surface area contributed by atoms with Crippen molar-refractivity contribution in [1.29, 1.82) is 0 Å². The van der Waals surface area contributed by atoms with Crippen LogP contribution in [0.3, 0.4) is 0 Å². The van der Waals surface area contributed by atoms with Crippen molar-refractivity contribution in [2.24, 2.45) is 17.8 Å². The topological polar surface area (TPSA) is 17.1 Å². The number of carbonyl (C=O) groups excluding carboxylic acids is 1. The highest BCUT2D eigenvalue weighted by atomic mass is 16.1. The summed E-state index contributed by atoms with van der Waals surface area (Å²) in [6, 6.07) is 0. The van der Waals surface area contributed by atoms with E-state index in [-0.39, 0.29) is 5.78 Å². The van der Waals surface area contributed by atoms with Crippen molar-refractivity contribution in [2.45, 2.75) is 60.3 Å². The van der Waals surface area contributed by atoms with Gasteiger partial charge >= 0.3 is 0 Å². The van der Waals surface area contributed by atoms with Crippen molar-refractivity contribution in [1.82, 2.24) is 0 Å². The molecule has 0 aromatic heterocycles. The summed E-state index contributed by atoms with van der Waals surface area (Å²) in [6.45, 7) is 15.0. The van der Waals surface area contributed by atoms with E-state index in [1.54, 1.807) is 0 Å². The molecule has 0 amide bonds. The summed E-state index contributed by atoms with van der Waals surface area (Å²) in [6.07, 6.45) is 8.88. The minimum absolute atomic E-state index is 0.271. The maximum Gasteiger partial charge on any atom is 0.185 e. The third-order valence-electron chi connectivity index (χ3n) is 5.27. The number of ketones is 1. The molecule has 0 aliphatic heterocycles. The lowest BCUT2D eigenvalue weighted by molar-refractivity contribution is -0.113. The summed E-state index contributed by atoms with van der Waals surface area (Å²) in [5, 5.41) is 0. The summed E-state index contributed by atoms with van der Waals surface area (Å²) < 4.78 is 0. The lowest BCUT2D eigenvalue weighted by Gasteiger charge is -2.37. The Kier molecular flexibility index (Phi) is 5.26. The Bertz CT molecular complexity index is 567. The molecule has 2 rings (SSSR count). The van der Waals surface area contributed by atoms with Crippen LogP contribution in [0.1, 0.15) is 60.3 Å². The molecule has 0 aromatic rings. The van der Waals surface area contributed by atoms with Crippen LogP contribution in [-0.2, 0) is 4.79 Å². The van der Waals surface area contributed by atoms with E-state index in [2.05, 4.69) is 40.3 Å². The van der Waals surface area contributed by atoms with Gasteiger partial charge < -0.3 is 0 Å². The average Bonchev–Trinajstić information content (AvgIpc) is 2.43. The lowest BCUT2D eigenvalue weighted by Crippen LogP contribution is -2.30. The molecule has 0 heterocycles. The fourth-order valence-corrected chi connectivity index (χ4v) is 3.99. The predicted octanol–water partition coefficient (Wildman–Crippen LogP) is 5.80. The number of Topliss-reactive ketones (excluding diaryl/α,β-unsaturated/α-hetero) is 1. The zero-order valence-corrected chi connectivity index (χ0v) is 14.8. The second-order valence-electron chi connectivity index (χ2n) is 7.43. The van der Waals surface area contributed by atoms with Gasteiger partial charge in [0.2, 0.25) is 0 Å². The molecule has 0 spiro atoms. The van der Waals surface area contributed by atoms with Gasteiger partial charge in [-0.1, -0.05) is 32.1 Å². The highest BCUT2D eigenvalue weighted by molar-refractivity contribution is 6.11. The maximum atomic E-state index is 12.8. The van der Waals surface area contributed by atoms with Crippen molar-refractivity contribution in [3.05, 3.63) is 46.6 Å². The van der Waals surface area contributed by atoms with Gasteiger partial charge in [-0.25, -0.2) is 0 Å².